The van der Waals surface area contributed by atoms with Crippen LogP contribution in [0.3, 0.4) is 0 Å². The van der Waals surface area contributed by atoms with Crippen LogP contribution in [0.25, 0.3) is 0 Å². The Morgan fingerprint density at radius 2 is 2.00 bits per heavy atom. The molecule has 0 amide bonds. The fourth-order valence-corrected chi connectivity index (χ4v) is 3.07. The van der Waals surface area contributed by atoms with E-state index in [1.54, 1.807) is 6.07 Å². The van der Waals surface area contributed by atoms with E-state index in [0.29, 0.717) is 17.0 Å². The molecular formula is C14H19ClN2O. The van der Waals surface area contributed by atoms with Crippen molar-refractivity contribution >= 4 is 11.6 Å². The van der Waals surface area contributed by atoms with Gasteiger partial charge in [0.25, 0.3) is 0 Å². The maximum atomic E-state index is 10.2. The molecule has 1 aromatic rings. The Morgan fingerprint density at radius 3 is 2.67 bits per heavy atom. The first-order valence-electron chi connectivity index (χ1n) is 6.69. The van der Waals surface area contributed by atoms with Gasteiger partial charge in [0, 0.05) is 37.8 Å². The highest BCUT2D eigenvalue weighted by Gasteiger charge is 2.38. The van der Waals surface area contributed by atoms with Crippen molar-refractivity contribution in [2.75, 3.05) is 26.2 Å². The Labute approximate surface area is 113 Å². The molecule has 1 saturated heterocycles. The van der Waals surface area contributed by atoms with Crippen molar-refractivity contribution in [1.82, 2.24) is 10.2 Å². The Balaban J connectivity index is 1.90. The predicted molar refractivity (Wildman–Crippen MR) is 73.0 cm³/mol. The number of hydrogen-bond donors (Lipinski definition) is 2. The summed E-state index contributed by atoms with van der Waals surface area (Å²) in [6.07, 6.45) is 2.53. The molecule has 18 heavy (non-hydrogen) atoms. The molecule has 2 fully saturated rings. The summed E-state index contributed by atoms with van der Waals surface area (Å²) >= 11 is 6.04. The van der Waals surface area contributed by atoms with Crippen molar-refractivity contribution in [1.29, 1.82) is 0 Å². The molecule has 0 aromatic heterocycles. The number of para-hydroxylation sites is 1. The van der Waals surface area contributed by atoms with Crippen molar-refractivity contribution < 1.29 is 5.11 Å². The van der Waals surface area contributed by atoms with Crippen LogP contribution in [-0.2, 0) is 0 Å². The van der Waals surface area contributed by atoms with E-state index in [-0.39, 0.29) is 5.75 Å². The fourth-order valence-electron chi connectivity index (χ4n) is 2.89. The highest BCUT2D eigenvalue weighted by molar-refractivity contribution is 6.32. The lowest BCUT2D eigenvalue weighted by molar-refractivity contribution is 0.153. The number of phenols is 1. The first-order chi connectivity index (χ1) is 8.77. The number of nitrogens with one attached hydrogen (secondary N) is 1. The average molecular weight is 267 g/mol. The summed E-state index contributed by atoms with van der Waals surface area (Å²) < 4.78 is 0. The minimum atomic E-state index is 0.273. The van der Waals surface area contributed by atoms with Gasteiger partial charge in [-0.3, -0.25) is 4.90 Å². The summed E-state index contributed by atoms with van der Waals surface area (Å²) in [5, 5.41) is 14.0. The Morgan fingerprint density at radius 1 is 1.28 bits per heavy atom. The molecule has 1 heterocycles. The molecule has 0 spiro atoms. The zero-order valence-electron chi connectivity index (χ0n) is 10.4. The molecule has 0 radical (unpaired) electrons. The van der Waals surface area contributed by atoms with Crippen LogP contribution in [0.4, 0.5) is 0 Å². The SMILES string of the molecule is Oc1c(Cl)cccc1[C@@H](C1CC1)N1CCNCC1. The van der Waals surface area contributed by atoms with Gasteiger partial charge in [0.2, 0.25) is 0 Å². The van der Waals surface area contributed by atoms with Gasteiger partial charge >= 0.3 is 0 Å². The third kappa shape index (κ3) is 2.35. The van der Waals surface area contributed by atoms with Crippen LogP contribution in [0.15, 0.2) is 18.2 Å². The summed E-state index contributed by atoms with van der Waals surface area (Å²) in [5.41, 5.74) is 1.01. The predicted octanol–water partition coefficient (Wildman–Crippen LogP) is 2.40. The largest absolute Gasteiger partial charge is 0.506 e. The van der Waals surface area contributed by atoms with Gasteiger partial charge in [-0.1, -0.05) is 23.7 Å². The van der Waals surface area contributed by atoms with Crippen molar-refractivity contribution in [3.8, 4) is 5.75 Å². The normalized spacial score (nSPS) is 22.9. The average Bonchev–Trinajstić information content (AvgIpc) is 3.21. The molecule has 1 aliphatic heterocycles. The molecule has 1 aliphatic carbocycles. The van der Waals surface area contributed by atoms with Gasteiger partial charge in [-0.05, 0) is 24.8 Å². The van der Waals surface area contributed by atoms with E-state index < -0.39 is 0 Å². The molecule has 1 atom stereocenters. The second-order valence-corrected chi connectivity index (χ2v) is 5.65. The van der Waals surface area contributed by atoms with Crippen molar-refractivity contribution in [3.05, 3.63) is 28.8 Å². The van der Waals surface area contributed by atoms with E-state index in [4.69, 9.17) is 11.6 Å². The number of rotatable bonds is 3. The number of nitrogens with zero attached hydrogens (tertiary/aromatic N) is 1. The quantitative estimate of drug-likeness (QED) is 0.882. The summed E-state index contributed by atoms with van der Waals surface area (Å²) in [6, 6.07) is 6.05. The number of phenolic OH excluding ortho intramolecular Hbond substituents is 1. The van der Waals surface area contributed by atoms with Crippen molar-refractivity contribution in [3.63, 3.8) is 0 Å². The van der Waals surface area contributed by atoms with Crippen molar-refractivity contribution in [2.24, 2.45) is 5.92 Å². The monoisotopic (exact) mass is 266 g/mol. The molecule has 3 rings (SSSR count). The zero-order chi connectivity index (χ0) is 12.5. The highest BCUT2D eigenvalue weighted by atomic mass is 35.5. The van der Waals surface area contributed by atoms with E-state index >= 15 is 0 Å². The number of piperazine rings is 1. The van der Waals surface area contributed by atoms with Gasteiger partial charge in [0.1, 0.15) is 5.75 Å². The minimum Gasteiger partial charge on any atom is -0.506 e. The lowest BCUT2D eigenvalue weighted by atomic mass is 9.99. The maximum Gasteiger partial charge on any atom is 0.138 e. The summed E-state index contributed by atoms with van der Waals surface area (Å²) in [4.78, 5) is 2.49. The zero-order valence-corrected chi connectivity index (χ0v) is 11.2. The molecule has 98 valence electrons. The first kappa shape index (κ1) is 12.3. The second kappa shape index (κ2) is 5.08. The van der Waals surface area contributed by atoms with E-state index in [9.17, 15) is 5.11 Å². The van der Waals surface area contributed by atoms with Gasteiger partial charge < -0.3 is 10.4 Å². The Hall–Kier alpha value is -0.770. The van der Waals surface area contributed by atoms with Crippen LogP contribution in [0.1, 0.15) is 24.4 Å². The lowest BCUT2D eigenvalue weighted by Gasteiger charge is -2.35. The minimum absolute atomic E-state index is 0.273. The molecule has 0 unspecified atom stereocenters. The topological polar surface area (TPSA) is 35.5 Å². The van der Waals surface area contributed by atoms with Crippen LogP contribution in [0, 0.1) is 5.92 Å². The second-order valence-electron chi connectivity index (χ2n) is 5.25. The van der Waals surface area contributed by atoms with Gasteiger partial charge in [0.05, 0.1) is 5.02 Å². The molecule has 4 heteroatoms. The van der Waals surface area contributed by atoms with E-state index in [1.807, 2.05) is 12.1 Å². The standard InChI is InChI=1S/C14H19ClN2O/c15-12-3-1-2-11(14(12)18)13(10-4-5-10)17-8-6-16-7-9-17/h1-3,10,13,16,18H,4-9H2/t13-/m1/s1. The Kier molecular flexibility index (Phi) is 3.46. The molecule has 3 nitrogen and oxygen atoms in total. The molecule has 1 saturated carbocycles. The summed E-state index contributed by atoms with van der Waals surface area (Å²) in [6.45, 7) is 4.16. The fraction of sp³-hybridized carbons (Fsp3) is 0.571. The smallest absolute Gasteiger partial charge is 0.138 e. The van der Waals surface area contributed by atoms with Gasteiger partial charge in [-0.25, -0.2) is 0 Å². The third-order valence-corrected chi connectivity index (χ3v) is 4.26. The number of aromatic hydroxyl groups is 1. The van der Waals surface area contributed by atoms with E-state index in [2.05, 4.69) is 10.2 Å². The van der Waals surface area contributed by atoms with Gasteiger partial charge in [0.15, 0.2) is 0 Å². The molecule has 0 bridgehead atoms. The number of hydrogen-bond acceptors (Lipinski definition) is 3. The van der Waals surface area contributed by atoms with Gasteiger partial charge in [-0.15, -0.1) is 0 Å². The van der Waals surface area contributed by atoms with Crippen LogP contribution in [0.5, 0.6) is 5.75 Å². The number of halogens is 1. The summed E-state index contributed by atoms with van der Waals surface area (Å²) in [7, 11) is 0. The Bertz CT molecular complexity index is 428. The van der Waals surface area contributed by atoms with Gasteiger partial charge in [-0.2, -0.15) is 0 Å². The lowest BCUT2D eigenvalue weighted by Crippen LogP contribution is -2.45. The van der Waals surface area contributed by atoms with Crippen LogP contribution >= 0.6 is 11.6 Å². The van der Waals surface area contributed by atoms with Crippen LogP contribution in [0.2, 0.25) is 5.02 Å². The van der Waals surface area contributed by atoms with E-state index in [0.717, 1.165) is 31.7 Å². The molecule has 2 N–H and O–H groups in total. The van der Waals surface area contributed by atoms with Crippen molar-refractivity contribution in [2.45, 2.75) is 18.9 Å². The first-order valence-corrected chi connectivity index (χ1v) is 7.07. The van der Waals surface area contributed by atoms with Crippen LogP contribution in [-0.4, -0.2) is 36.2 Å². The van der Waals surface area contributed by atoms with E-state index in [1.165, 1.54) is 12.8 Å². The molecule has 2 aliphatic rings. The molecule has 1 aromatic carbocycles. The maximum absolute atomic E-state index is 10.2. The highest BCUT2D eigenvalue weighted by Crippen LogP contribution is 2.47. The third-order valence-electron chi connectivity index (χ3n) is 3.95. The molecular weight excluding hydrogens is 248 g/mol. The number of benzene rings is 1. The van der Waals surface area contributed by atoms with Crippen LogP contribution < -0.4 is 5.32 Å². The summed E-state index contributed by atoms with van der Waals surface area (Å²) in [5.74, 6) is 0.960.